The van der Waals surface area contributed by atoms with Crippen molar-refractivity contribution in [1.29, 1.82) is 5.41 Å². The molecule has 31 heavy (non-hydrogen) atoms. The lowest BCUT2D eigenvalue weighted by Crippen LogP contribution is -2.26. The number of benzene rings is 3. The number of aromatic nitrogens is 2. The highest BCUT2D eigenvalue weighted by molar-refractivity contribution is 6.30. The summed E-state index contributed by atoms with van der Waals surface area (Å²) in [5.41, 5.74) is 2.18. The van der Waals surface area contributed by atoms with Gasteiger partial charge in [-0.15, -0.1) is 0 Å². The van der Waals surface area contributed by atoms with Gasteiger partial charge < -0.3 is 10.7 Å². The number of carbonyl (C=O) groups excluding carboxylic acids is 1. The SMILES string of the molecule is N=Cc1c(Nc2ccccc2)nc(-c2ccc(C=O)cc2)n(-c2ccc(Cl)cc2)c1=O. The van der Waals surface area contributed by atoms with E-state index < -0.39 is 5.56 Å². The molecule has 0 unspecified atom stereocenters. The summed E-state index contributed by atoms with van der Waals surface area (Å²) in [4.78, 5) is 29.2. The van der Waals surface area contributed by atoms with Gasteiger partial charge in [0.15, 0.2) is 0 Å². The van der Waals surface area contributed by atoms with Gasteiger partial charge in [0.05, 0.1) is 5.69 Å². The van der Waals surface area contributed by atoms with Crippen LogP contribution in [0, 0.1) is 5.41 Å². The number of hydrogen-bond donors (Lipinski definition) is 2. The van der Waals surface area contributed by atoms with E-state index in [4.69, 9.17) is 22.0 Å². The van der Waals surface area contributed by atoms with E-state index in [9.17, 15) is 9.59 Å². The van der Waals surface area contributed by atoms with Crippen LogP contribution in [0.5, 0.6) is 0 Å². The molecule has 0 spiro atoms. The minimum atomic E-state index is -0.403. The minimum Gasteiger partial charge on any atom is -0.339 e. The van der Waals surface area contributed by atoms with Crippen molar-refractivity contribution < 1.29 is 4.79 Å². The molecule has 1 aromatic heterocycles. The Morgan fingerprint density at radius 1 is 0.935 bits per heavy atom. The average Bonchev–Trinajstić information content (AvgIpc) is 2.80. The Hall–Kier alpha value is -4.03. The summed E-state index contributed by atoms with van der Waals surface area (Å²) in [6.45, 7) is 0. The number of hydrogen-bond acceptors (Lipinski definition) is 5. The maximum atomic E-state index is 13.5. The van der Waals surface area contributed by atoms with Gasteiger partial charge in [-0.3, -0.25) is 14.2 Å². The van der Waals surface area contributed by atoms with Gasteiger partial charge in [-0.2, -0.15) is 0 Å². The quantitative estimate of drug-likeness (QED) is 0.330. The highest BCUT2D eigenvalue weighted by atomic mass is 35.5. The molecule has 0 aliphatic carbocycles. The standard InChI is InChI=1S/C24H17ClN4O2/c25-18-10-12-20(13-11-18)29-23(17-8-6-16(15-30)7-9-17)28-22(21(14-26)24(29)31)27-19-4-2-1-3-5-19/h1-15,26-27H. The Balaban J connectivity index is 1.98. The van der Waals surface area contributed by atoms with Crippen molar-refractivity contribution in [2.75, 3.05) is 5.32 Å². The van der Waals surface area contributed by atoms with Gasteiger partial charge in [-0.1, -0.05) is 54.1 Å². The van der Waals surface area contributed by atoms with Gasteiger partial charge in [0.1, 0.15) is 23.5 Å². The van der Waals surface area contributed by atoms with E-state index in [0.29, 0.717) is 27.7 Å². The maximum absolute atomic E-state index is 13.5. The highest BCUT2D eigenvalue weighted by Crippen LogP contribution is 2.25. The summed E-state index contributed by atoms with van der Waals surface area (Å²) in [7, 11) is 0. The highest BCUT2D eigenvalue weighted by Gasteiger charge is 2.18. The molecule has 3 aromatic carbocycles. The third-order valence-corrected chi connectivity index (χ3v) is 4.94. The number of aldehydes is 1. The zero-order chi connectivity index (χ0) is 21.8. The lowest BCUT2D eigenvalue weighted by molar-refractivity contribution is 0.112. The third kappa shape index (κ3) is 4.15. The normalized spacial score (nSPS) is 10.5. The summed E-state index contributed by atoms with van der Waals surface area (Å²) in [5, 5.41) is 11.5. The van der Waals surface area contributed by atoms with Crippen molar-refractivity contribution in [3.63, 3.8) is 0 Å². The smallest absolute Gasteiger partial charge is 0.269 e. The summed E-state index contributed by atoms with van der Waals surface area (Å²) >= 11 is 6.02. The van der Waals surface area contributed by atoms with Crippen molar-refractivity contribution in [2.45, 2.75) is 0 Å². The van der Waals surface area contributed by atoms with Crippen molar-refractivity contribution in [1.82, 2.24) is 9.55 Å². The molecule has 2 N–H and O–H groups in total. The number of halogens is 1. The fraction of sp³-hybridized carbons (Fsp3) is 0. The van der Waals surface area contributed by atoms with Crippen LogP contribution < -0.4 is 10.9 Å². The number of nitrogens with one attached hydrogen (secondary N) is 2. The van der Waals surface area contributed by atoms with Gasteiger partial charge in [0.25, 0.3) is 5.56 Å². The van der Waals surface area contributed by atoms with E-state index in [0.717, 1.165) is 18.2 Å². The number of para-hydroxylation sites is 1. The predicted octanol–water partition coefficient (Wildman–Crippen LogP) is 5.11. The van der Waals surface area contributed by atoms with E-state index in [1.807, 2.05) is 30.3 Å². The fourth-order valence-electron chi connectivity index (χ4n) is 3.15. The van der Waals surface area contributed by atoms with E-state index in [-0.39, 0.29) is 11.4 Å². The number of anilines is 2. The molecular formula is C24H17ClN4O2. The van der Waals surface area contributed by atoms with Crippen molar-refractivity contribution in [3.8, 4) is 17.1 Å². The topological polar surface area (TPSA) is 87.8 Å². The first-order chi connectivity index (χ1) is 15.1. The second kappa shape index (κ2) is 8.77. The van der Waals surface area contributed by atoms with E-state index >= 15 is 0 Å². The Bertz CT molecular complexity index is 1300. The Labute approximate surface area is 183 Å². The number of carbonyl (C=O) groups is 1. The van der Waals surface area contributed by atoms with Crippen LogP contribution in [0.2, 0.25) is 5.02 Å². The lowest BCUT2D eigenvalue weighted by atomic mass is 10.1. The number of nitrogens with zero attached hydrogens (tertiary/aromatic N) is 2. The molecule has 0 bridgehead atoms. The largest absolute Gasteiger partial charge is 0.339 e. The Kier molecular flexibility index (Phi) is 5.73. The molecular weight excluding hydrogens is 412 g/mol. The van der Waals surface area contributed by atoms with Crippen LogP contribution >= 0.6 is 11.6 Å². The minimum absolute atomic E-state index is 0.118. The second-order valence-corrected chi connectivity index (χ2v) is 7.13. The van der Waals surface area contributed by atoms with Gasteiger partial charge in [0.2, 0.25) is 0 Å². The number of rotatable bonds is 6. The van der Waals surface area contributed by atoms with Gasteiger partial charge in [0, 0.05) is 28.1 Å². The van der Waals surface area contributed by atoms with Crippen molar-refractivity contribution in [2.24, 2.45) is 0 Å². The average molecular weight is 429 g/mol. The first kappa shape index (κ1) is 20.3. The fourth-order valence-corrected chi connectivity index (χ4v) is 3.28. The zero-order valence-corrected chi connectivity index (χ0v) is 17.0. The molecule has 152 valence electrons. The molecule has 0 aliphatic rings. The molecule has 0 radical (unpaired) electrons. The lowest BCUT2D eigenvalue weighted by Gasteiger charge is -2.17. The molecule has 0 fully saturated rings. The van der Waals surface area contributed by atoms with Crippen LogP contribution in [0.15, 0.2) is 83.7 Å². The maximum Gasteiger partial charge on any atom is 0.269 e. The summed E-state index contributed by atoms with van der Waals surface area (Å²) in [6.07, 6.45) is 1.75. The van der Waals surface area contributed by atoms with Crippen molar-refractivity contribution in [3.05, 3.63) is 105 Å². The molecule has 6 nitrogen and oxygen atoms in total. The first-order valence-corrected chi connectivity index (χ1v) is 9.79. The van der Waals surface area contributed by atoms with Crippen LogP contribution in [-0.2, 0) is 0 Å². The van der Waals surface area contributed by atoms with Crippen LogP contribution in [0.4, 0.5) is 11.5 Å². The monoisotopic (exact) mass is 428 g/mol. The molecule has 7 heteroatoms. The van der Waals surface area contributed by atoms with Gasteiger partial charge in [-0.05, 0) is 36.4 Å². The molecule has 1 heterocycles. The van der Waals surface area contributed by atoms with E-state index in [2.05, 4.69) is 5.32 Å². The summed E-state index contributed by atoms with van der Waals surface area (Å²) in [5.74, 6) is 0.639. The zero-order valence-electron chi connectivity index (χ0n) is 16.2. The van der Waals surface area contributed by atoms with Crippen LogP contribution in [0.25, 0.3) is 17.1 Å². The first-order valence-electron chi connectivity index (χ1n) is 9.42. The van der Waals surface area contributed by atoms with Gasteiger partial charge in [-0.25, -0.2) is 4.98 Å². The predicted molar refractivity (Wildman–Crippen MR) is 123 cm³/mol. The molecule has 0 amide bonds. The summed E-state index contributed by atoms with van der Waals surface area (Å²) in [6, 6.07) is 22.9. The molecule has 4 aromatic rings. The Morgan fingerprint density at radius 2 is 1.61 bits per heavy atom. The molecule has 0 saturated carbocycles. The molecule has 0 saturated heterocycles. The van der Waals surface area contributed by atoms with Crippen LogP contribution in [-0.4, -0.2) is 22.1 Å². The third-order valence-electron chi connectivity index (χ3n) is 4.69. The van der Waals surface area contributed by atoms with Crippen molar-refractivity contribution >= 4 is 35.6 Å². The molecule has 0 atom stereocenters. The van der Waals surface area contributed by atoms with Crippen LogP contribution in [0.1, 0.15) is 15.9 Å². The van der Waals surface area contributed by atoms with E-state index in [1.54, 1.807) is 48.5 Å². The summed E-state index contributed by atoms with van der Waals surface area (Å²) < 4.78 is 1.43. The Morgan fingerprint density at radius 3 is 2.23 bits per heavy atom. The van der Waals surface area contributed by atoms with E-state index in [1.165, 1.54) is 4.57 Å². The van der Waals surface area contributed by atoms with Crippen LogP contribution in [0.3, 0.4) is 0 Å². The second-order valence-electron chi connectivity index (χ2n) is 6.69. The van der Waals surface area contributed by atoms with Gasteiger partial charge >= 0.3 is 0 Å². The molecule has 4 rings (SSSR count). The molecule has 0 aliphatic heterocycles.